The Bertz CT molecular complexity index is 702. The van der Waals surface area contributed by atoms with Crippen LogP contribution < -0.4 is 18.9 Å². The Morgan fingerprint density at radius 3 is 0.629 bits per heavy atom. The van der Waals surface area contributed by atoms with E-state index in [-0.39, 0.29) is 0 Å². The van der Waals surface area contributed by atoms with Gasteiger partial charge in [-0.05, 0) is 48.5 Å². The SMILES string of the molecule is c1cc2ccc1OCCOCCOCCOCCOc1ccc(cc1)OCCOCCOCCO2. The topological polar surface area (TPSA) is 83.1 Å². The highest BCUT2D eigenvalue weighted by Gasteiger charge is 2.00. The lowest BCUT2D eigenvalue weighted by atomic mass is 10.3. The molecule has 2 aromatic rings. The van der Waals surface area contributed by atoms with Gasteiger partial charge in [0.05, 0.1) is 66.1 Å². The quantitative estimate of drug-likeness (QED) is 0.551. The van der Waals surface area contributed by atoms with E-state index < -0.39 is 0 Å². The van der Waals surface area contributed by atoms with Gasteiger partial charge < -0.3 is 42.6 Å². The van der Waals surface area contributed by atoms with Crippen molar-refractivity contribution in [3.8, 4) is 23.0 Å². The summed E-state index contributed by atoms with van der Waals surface area (Å²) in [6, 6.07) is 15.0. The van der Waals surface area contributed by atoms with Gasteiger partial charge in [0.25, 0.3) is 0 Å². The first-order valence-corrected chi connectivity index (χ1v) is 12.0. The van der Waals surface area contributed by atoms with Crippen molar-refractivity contribution in [1.82, 2.24) is 0 Å². The first-order valence-electron chi connectivity index (χ1n) is 12.0. The minimum atomic E-state index is 0.463. The first kappa shape index (κ1) is 27.0. The average molecular weight is 493 g/mol. The van der Waals surface area contributed by atoms with Crippen LogP contribution in [-0.2, 0) is 23.7 Å². The fourth-order valence-corrected chi connectivity index (χ4v) is 3.00. The fourth-order valence-electron chi connectivity index (χ4n) is 3.00. The molecule has 4 aliphatic heterocycles. The number of hydrogen-bond acceptors (Lipinski definition) is 9. The van der Waals surface area contributed by atoms with Gasteiger partial charge in [-0.25, -0.2) is 0 Å². The normalized spacial score (nSPS) is 18.7. The fraction of sp³-hybridized carbons (Fsp3) is 0.538. The molecule has 0 spiro atoms. The lowest BCUT2D eigenvalue weighted by Gasteiger charge is -2.10. The van der Waals surface area contributed by atoms with Crippen LogP contribution in [0.2, 0.25) is 0 Å². The molecule has 4 aliphatic rings. The molecular weight excluding hydrogens is 456 g/mol. The summed E-state index contributed by atoms with van der Waals surface area (Å²) in [6.07, 6.45) is 0. The number of rotatable bonds is 0. The molecule has 0 N–H and O–H groups in total. The molecule has 0 saturated heterocycles. The van der Waals surface area contributed by atoms with Crippen molar-refractivity contribution in [2.24, 2.45) is 0 Å². The highest BCUT2D eigenvalue weighted by molar-refractivity contribution is 5.31. The summed E-state index contributed by atoms with van der Waals surface area (Å²) in [4.78, 5) is 0. The maximum absolute atomic E-state index is 5.68. The van der Waals surface area contributed by atoms with Gasteiger partial charge in [-0.3, -0.25) is 0 Å². The van der Waals surface area contributed by atoms with Crippen molar-refractivity contribution < 1.29 is 42.6 Å². The zero-order valence-corrected chi connectivity index (χ0v) is 20.2. The molecule has 4 heterocycles. The van der Waals surface area contributed by atoms with Crippen LogP contribution in [-0.4, -0.2) is 92.5 Å². The summed E-state index contributed by atoms with van der Waals surface area (Å²) in [5.74, 6) is 3.06. The molecule has 9 nitrogen and oxygen atoms in total. The molecule has 0 amide bonds. The molecular formula is C26H36O9. The van der Waals surface area contributed by atoms with Crippen molar-refractivity contribution in [3.63, 3.8) is 0 Å². The van der Waals surface area contributed by atoms with Gasteiger partial charge in [0.1, 0.15) is 49.4 Å². The van der Waals surface area contributed by atoms with E-state index in [4.69, 9.17) is 42.6 Å². The second-order valence-corrected chi connectivity index (χ2v) is 7.40. The molecule has 4 bridgehead atoms. The van der Waals surface area contributed by atoms with E-state index in [0.717, 1.165) is 23.0 Å². The van der Waals surface area contributed by atoms with E-state index in [9.17, 15) is 0 Å². The van der Waals surface area contributed by atoms with Gasteiger partial charge in [0.15, 0.2) is 0 Å². The molecule has 0 unspecified atom stereocenters. The van der Waals surface area contributed by atoms with Gasteiger partial charge in [-0.1, -0.05) is 0 Å². The summed E-state index contributed by atoms with van der Waals surface area (Å²) >= 11 is 0. The van der Waals surface area contributed by atoms with E-state index in [1.54, 1.807) is 0 Å². The van der Waals surface area contributed by atoms with Crippen LogP contribution in [0.4, 0.5) is 0 Å². The number of ether oxygens (including phenoxy) is 9. The van der Waals surface area contributed by atoms with Crippen molar-refractivity contribution in [3.05, 3.63) is 48.5 Å². The molecule has 35 heavy (non-hydrogen) atoms. The van der Waals surface area contributed by atoms with Crippen LogP contribution in [0.15, 0.2) is 48.5 Å². The third-order valence-corrected chi connectivity index (χ3v) is 4.75. The number of benzene rings is 2. The van der Waals surface area contributed by atoms with Crippen LogP contribution in [0, 0.1) is 0 Å². The summed E-state index contributed by atoms with van der Waals surface area (Å²) in [7, 11) is 0. The Balaban J connectivity index is 1.35. The molecule has 0 atom stereocenters. The molecule has 0 radical (unpaired) electrons. The summed E-state index contributed by atoms with van der Waals surface area (Å²) in [6.45, 7) is 6.84. The van der Waals surface area contributed by atoms with Crippen LogP contribution in [0.5, 0.6) is 23.0 Å². The van der Waals surface area contributed by atoms with E-state index in [1.165, 1.54) is 0 Å². The molecule has 0 fully saturated rings. The van der Waals surface area contributed by atoms with E-state index in [1.807, 2.05) is 48.5 Å². The molecule has 6 rings (SSSR count). The van der Waals surface area contributed by atoms with E-state index >= 15 is 0 Å². The lowest BCUT2D eigenvalue weighted by Crippen LogP contribution is -2.14. The lowest BCUT2D eigenvalue weighted by molar-refractivity contribution is 0.00498. The Morgan fingerprint density at radius 2 is 0.429 bits per heavy atom. The Labute approximate surface area is 207 Å². The minimum Gasteiger partial charge on any atom is -0.491 e. The molecule has 0 saturated carbocycles. The maximum atomic E-state index is 5.68. The Kier molecular flexibility index (Phi) is 13.8. The molecule has 0 aliphatic carbocycles. The van der Waals surface area contributed by atoms with Crippen molar-refractivity contribution in [2.45, 2.75) is 0 Å². The summed E-state index contributed by atoms with van der Waals surface area (Å²) < 4.78 is 50.3. The average Bonchev–Trinajstić information content (AvgIpc) is 2.89. The largest absolute Gasteiger partial charge is 0.491 e. The van der Waals surface area contributed by atoms with Gasteiger partial charge in [0.2, 0.25) is 0 Å². The van der Waals surface area contributed by atoms with Crippen LogP contribution in [0.25, 0.3) is 0 Å². The maximum Gasteiger partial charge on any atom is 0.119 e. The predicted molar refractivity (Wildman–Crippen MR) is 129 cm³/mol. The van der Waals surface area contributed by atoms with Gasteiger partial charge in [-0.2, -0.15) is 0 Å². The standard InChI is InChI=1S/C26H36O9/c1-5-25-6-2-23(1)32-19-15-28-11-9-27-10-12-29-16-20-33-24-3-7-26(8-4-24)35-22-18-31-14-13-30-17-21-34-25/h1-8H,9-22H2. The third-order valence-electron chi connectivity index (χ3n) is 4.75. The van der Waals surface area contributed by atoms with Crippen LogP contribution in [0.3, 0.4) is 0 Å². The molecule has 2 aromatic carbocycles. The van der Waals surface area contributed by atoms with Gasteiger partial charge >= 0.3 is 0 Å². The smallest absolute Gasteiger partial charge is 0.119 e. The van der Waals surface area contributed by atoms with Crippen molar-refractivity contribution >= 4 is 0 Å². The molecule has 9 heteroatoms. The second-order valence-electron chi connectivity index (χ2n) is 7.40. The highest BCUT2D eigenvalue weighted by atomic mass is 16.6. The Hall–Kier alpha value is -2.56. The van der Waals surface area contributed by atoms with Gasteiger partial charge in [0, 0.05) is 0 Å². The zero-order chi connectivity index (χ0) is 24.2. The van der Waals surface area contributed by atoms with E-state index in [2.05, 4.69) is 0 Å². The summed E-state index contributed by atoms with van der Waals surface area (Å²) in [5.41, 5.74) is 0. The minimum absolute atomic E-state index is 0.463. The first-order chi connectivity index (χ1) is 17.4. The zero-order valence-electron chi connectivity index (χ0n) is 20.2. The monoisotopic (exact) mass is 492 g/mol. The molecule has 194 valence electrons. The van der Waals surface area contributed by atoms with Gasteiger partial charge in [-0.15, -0.1) is 0 Å². The van der Waals surface area contributed by atoms with Crippen molar-refractivity contribution in [1.29, 1.82) is 0 Å². The number of hydrogen-bond donors (Lipinski definition) is 0. The molecule has 0 aromatic heterocycles. The predicted octanol–water partition coefficient (Wildman–Crippen LogP) is 3.00. The highest BCUT2D eigenvalue weighted by Crippen LogP contribution is 2.18. The second kappa shape index (κ2) is 17.8. The van der Waals surface area contributed by atoms with Crippen LogP contribution >= 0.6 is 0 Å². The summed E-state index contributed by atoms with van der Waals surface area (Å²) in [5, 5.41) is 0. The Morgan fingerprint density at radius 1 is 0.257 bits per heavy atom. The van der Waals surface area contributed by atoms with Crippen molar-refractivity contribution in [2.75, 3.05) is 92.5 Å². The third kappa shape index (κ3) is 12.6. The van der Waals surface area contributed by atoms with Crippen LogP contribution in [0.1, 0.15) is 0 Å². The van der Waals surface area contributed by atoms with E-state index in [0.29, 0.717) is 92.5 Å².